The van der Waals surface area contributed by atoms with Gasteiger partial charge in [-0.1, -0.05) is 41.8 Å². The highest BCUT2D eigenvalue weighted by Gasteiger charge is 2.17. The molecule has 8 heteroatoms. The molecule has 5 nitrogen and oxygen atoms in total. The first-order chi connectivity index (χ1) is 11.6. The summed E-state index contributed by atoms with van der Waals surface area (Å²) < 4.78 is 7.17. The van der Waals surface area contributed by atoms with Crippen LogP contribution in [-0.2, 0) is 4.79 Å². The highest BCUT2D eigenvalue weighted by molar-refractivity contribution is 8.03. The van der Waals surface area contributed by atoms with Crippen molar-refractivity contribution < 1.29 is 9.53 Å². The Kier molecular flexibility index (Phi) is 7.87. The van der Waals surface area contributed by atoms with Crippen molar-refractivity contribution in [2.75, 3.05) is 17.7 Å². The fourth-order valence-corrected chi connectivity index (χ4v) is 4.83. The van der Waals surface area contributed by atoms with Gasteiger partial charge in [-0.05, 0) is 44.5 Å². The Bertz CT molecular complexity index is 646. The van der Waals surface area contributed by atoms with Crippen LogP contribution in [0.3, 0.4) is 0 Å². The van der Waals surface area contributed by atoms with Crippen LogP contribution in [0, 0.1) is 0 Å². The Balaban J connectivity index is 1.86. The molecule has 24 heavy (non-hydrogen) atoms. The number of nitrogens with one attached hydrogen (secondary N) is 1. The Morgan fingerprint density at radius 2 is 1.96 bits per heavy atom. The molecule has 1 aromatic heterocycles. The van der Waals surface area contributed by atoms with Crippen LogP contribution in [-0.4, -0.2) is 33.7 Å². The molecule has 2 aromatic rings. The van der Waals surface area contributed by atoms with Gasteiger partial charge in [0.15, 0.2) is 8.68 Å². The first-order valence-electron chi connectivity index (χ1n) is 7.79. The lowest BCUT2D eigenvalue weighted by molar-refractivity contribution is -0.115. The highest BCUT2D eigenvalue weighted by Crippen LogP contribution is 2.31. The number of rotatable bonds is 9. The summed E-state index contributed by atoms with van der Waals surface area (Å²) >= 11 is 4.67. The average Bonchev–Trinajstić information content (AvgIpc) is 3.02. The number of benzene rings is 1. The van der Waals surface area contributed by atoms with Crippen LogP contribution in [0.2, 0.25) is 0 Å². The van der Waals surface area contributed by atoms with Crippen LogP contribution in [0.1, 0.15) is 27.2 Å². The Labute approximate surface area is 155 Å². The normalized spacial score (nSPS) is 12.0. The predicted octanol–water partition coefficient (Wildman–Crippen LogP) is 4.56. The SMILES string of the molecule is CCCSc1nnc(S[C@@H](C)C(=O)Nc2ccc(OCC)cc2)s1. The van der Waals surface area contributed by atoms with E-state index in [1.54, 1.807) is 11.8 Å². The number of carbonyl (C=O) groups excluding carboxylic acids is 1. The van der Waals surface area contributed by atoms with Crippen LogP contribution < -0.4 is 10.1 Å². The minimum Gasteiger partial charge on any atom is -0.494 e. The maximum Gasteiger partial charge on any atom is 0.237 e. The molecule has 0 bridgehead atoms. The van der Waals surface area contributed by atoms with Crippen molar-refractivity contribution in [3.63, 3.8) is 0 Å². The topological polar surface area (TPSA) is 64.1 Å². The van der Waals surface area contributed by atoms with Crippen LogP contribution >= 0.6 is 34.9 Å². The van der Waals surface area contributed by atoms with Crippen molar-refractivity contribution >= 4 is 46.5 Å². The van der Waals surface area contributed by atoms with Crippen molar-refractivity contribution in [2.45, 2.75) is 41.1 Å². The van der Waals surface area contributed by atoms with Crippen molar-refractivity contribution in [2.24, 2.45) is 0 Å². The molecule has 1 N–H and O–H groups in total. The minimum absolute atomic E-state index is 0.0536. The molecule has 1 atom stereocenters. The van der Waals surface area contributed by atoms with Crippen molar-refractivity contribution in [1.29, 1.82) is 0 Å². The molecule has 0 saturated heterocycles. The monoisotopic (exact) mass is 383 g/mol. The lowest BCUT2D eigenvalue weighted by Crippen LogP contribution is -2.22. The number of carbonyl (C=O) groups is 1. The maximum atomic E-state index is 12.3. The van der Waals surface area contributed by atoms with Gasteiger partial charge in [-0.2, -0.15) is 0 Å². The van der Waals surface area contributed by atoms with E-state index in [1.807, 2.05) is 38.1 Å². The zero-order valence-corrected chi connectivity index (χ0v) is 16.4. The molecule has 0 aliphatic heterocycles. The van der Waals surface area contributed by atoms with Crippen LogP contribution in [0.15, 0.2) is 32.9 Å². The first kappa shape index (κ1) is 19.1. The van der Waals surface area contributed by atoms with E-state index in [9.17, 15) is 4.79 Å². The molecule has 1 amide bonds. The molecule has 0 aliphatic carbocycles. The summed E-state index contributed by atoms with van der Waals surface area (Å²) in [4.78, 5) is 12.3. The summed E-state index contributed by atoms with van der Waals surface area (Å²) in [5.74, 6) is 1.78. The van der Waals surface area contributed by atoms with E-state index in [4.69, 9.17) is 4.74 Å². The predicted molar refractivity (Wildman–Crippen MR) is 102 cm³/mol. The van der Waals surface area contributed by atoms with Crippen LogP contribution in [0.25, 0.3) is 0 Å². The fraction of sp³-hybridized carbons (Fsp3) is 0.438. The standard InChI is InChI=1S/C16H21N3O2S3/c1-4-10-22-15-18-19-16(24-15)23-11(3)14(20)17-12-6-8-13(9-7-12)21-5-2/h6-9,11H,4-5,10H2,1-3H3,(H,17,20)/t11-/m0/s1. The van der Waals surface area contributed by atoms with E-state index < -0.39 is 0 Å². The Hall–Kier alpha value is -1.25. The summed E-state index contributed by atoms with van der Waals surface area (Å²) in [6.07, 6.45) is 1.10. The summed E-state index contributed by atoms with van der Waals surface area (Å²) in [6.45, 7) is 6.57. The van der Waals surface area contributed by atoms with Gasteiger partial charge < -0.3 is 10.1 Å². The third kappa shape index (κ3) is 5.99. The minimum atomic E-state index is -0.242. The van der Waals surface area contributed by atoms with Gasteiger partial charge in [0, 0.05) is 11.4 Å². The van der Waals surface area contributed by atoms with Gasteiger partial charge in [0.05, 0.1) is 11.9 Å². The number of amides is 1. The number of nitrogens with zero attached hydrogens (tertiary/aromatic N) is 2. The van der Waals surface area contributed by atoms with Crippen molar-refractivity contribution in [1.82, 2.24) is 10.2 Å². The molecular formula is C16H21N3O2S3. The molecule has 1 heterocycles. The molecular weight excluding hydrogens is 362 g/mol. The zero-order valence-electron chi connectivity index (χ0n) is 13.9. The second kappa shape index (κ2) is 9.90. The molecule has 130 valence electrons. The van der Waals surface area contributed by atoms with E-state index in [2.05, 4.69) is 22.4 Å². The number of ether oxygens (including phenoxy) is 1. The Morgan fingerprint density at radius 1 is 1.25 bits per heavy atom. The summed E-state index contributed by atoms with van der Waals surface area (Å²) in [7, 11) is 0. The van der Waals surface area contributed by atoms with E-state index >= 15 is 0 Å². The molecule has 1 aromatic carbocycles. The van der Waals surface area contributed by atoms with E-state index in [0.29, 0.717) is 6.61 Å². The molecule has 0 unspecified atom stereocenters. The lowest BCUT2D eigenvalue weighted by atomic mass is 10.3. The van der Waals surface area contributed by atoms with Gasteiger partial charge in [0.1, 0.15) is 5.75 Å². The van der Waals surface area contributed by atoms with Gasteiger partial charge in [-0.3, -0.25) is 4.79 Å². The number of anilines is 1. The molecule has 2 rings (SSSR count). The number of hydrogen-bond acceptors (Lipinski definition) is 7. The number of thioether (sulfide) groups is 2. The van der Waals surface area contributed by atoms with E-state index in [-0.39, 0.29) is 11.2 Å². The number of hydrogen-bond donors (Lipinski definition) is 1. The summed E-state index contributed by atoms with van der Waals surface area (Å²) in [6, 6.07) is 7.37. The lowest BCUT2D eigenvalue weighted by Gasteiger charge is -2.11. The van der Waals surface area contributed by atoms with E-state index in [1.165, 1.54) is 23.1 Å². The second-order valence-electron chi connectivity index (χ2n) is 4.89. The van der Waals surface area contributed by atoms with Gasteiger partial charge >= 0.3 is 0 Å². The molecule has 0 spiro atoms. The summed E-state index contributed by atoms with van der Waals surface area (Å²) in [5, 5.41) is 11.0. The highest BCUT2D eigenvalue weighted by atomic mass is 32.2. The van der Waals surface area contributed by atoms with Gasteiger partial charge in [-0.15, -0.1) is 10.2 Å². The molecule has 0 fully saturated rings. The van der Waals surface area contributed by atoms with Gasteiger partial charge in [0.2, 0.25) is 5.91 Å². The van der Waals surface area contributed by atoms with Crippen LogP contribution in [0.4, 0.5) is 5.69 Å². The Morgan fingerprint density at radius 3 is 2.62 bits per heavy atom. The second-order valence-corrected chi connectivity index (χ2v) is 8.80. The van der Waals surface area contributed by atoms with E-state index in [0.717, 1.165) is 32.3 Å². The molecule has 0 radical (unpaired) electrons. The smallest absolute Gasteiger partial charge is 0.237 e. The largest absolute Gasteiger partial charge is 0.494 e. The zero-order chi connectivity index (χ0) is 17.4. The van der Waals surface area contributed by atoms with Gasteiger partial charge in [-0.25, -0.2) is 0 Å². The van der Waals surface area contributed by atoms with Crippen molar-refractivity contribution in [3.05, 3.63) is 24.3 Å². The van der Waals surface area contributed by atoms with Crippen molar-refractivity contribution in [3.8, 4) is 5.75 Å². The number of aromatic nitrogens is 2. The third-order valence-electron chi connectivity index (χ3n) is 2.90. The van der Waals surface area contributed by atoms with Gasteiger partial charge in [0.25, 0.3) is 0 Å². The third-order valence-corrected chi connectivity index (χ3v) is 6.34. The fourth-order valence-electron chi connectivity index (χ4n) is 1.74. The first-order valence-corrected chi connectivity index (χ1v) is 10.5. The molecule has 0 aliphatic rings. The molecule has 0 saturated carbocycles. The van der Waals surface area contributed by atoms with Crippen LogP contribution in [0.5, 0.6) is 5.75 Å². The summed E-state index contributed by atoms with van der Waals surface area (Å²) in [5.41, 5.74) is 0.757. The maximum absolute atomic E-state index is 12.3. The average molecular weight is 384 g/mol. The quantitative estimate of drug-likeness (QED) is 0.641.